The van der Waals surface area contributed by atoms with Crippen molar-refractivity contribution < 1.29 is 9.53 Å². The lowest BCUT2D eigenvalue weighted by atomic mass is 10.1. The summed E-state index contributed by atoms with van der Waals surface area (Å²) in [6.07, 6.45) is 0.786. The minimum atomic E-state index is -0.325. The van der Waals surface area contributed by atoms with Crippen molar-refractivity contribution in [3.63, 3.8) is 0 Å². The van der Waals surface area contributed by atoms with Gasteiger partial charge in [0.1, 0.15) is 0 Å². The summed E-state index contributed by atoms with van der Waals surface area (Å²) < 4.78 is 4.95. The smallest absolute Gasteiger partial charge is 0.333 e. The Balaban J connectivity index is 3.68. The fourth-order valence-electron chi connectivity index (χ4n) is 0.569. The topological polar surface area (TPSA) is 26.3 Å². The molecule has 0 bridgehead atoms. The Morgan fingerprint density at radius 3 is 2.54 bits per heavy atom. The summed E-state index contributed by atoms with van der Waals surface area (Å²) in [6, 6.07) is 0. The Labute approximate surface area is 86.8 Å². The van der Waals surface area contributed by atoms with E-state index in [2.05, 4.69) is 6.58 Å². The molecule has 0 unspecified atom stereocenters. The van der Waals surface area contributed by atoms with E-state index in [1.807, 2.05) is 13.8 Å². The summed E-state index contributed by atoms with van der Waals surface area (Å²) in [5.74, 6) is -0.325. The van der Waals surface area contributed by atoms with E-state index in [9.17, 15) is 4.79 Å². The van der Waals surface area contributed by atoms with E-state index >= 15 is 0 Å². The first-order chi connectivity index (χ1) is 5.89. The molecule has 0 saturated carbocycles. The maximum Gasteiger partial charge on any atom is 0.333 e. The summed E-state index contributed by atoms with van der Waals surface area (Å²) in [4.78, 5) is 11.0. The summed E-state index contributed by atoms with van der Waals surface area (Å²) in [5, 5.41) is 0.0525. The molecule has 2 radical (unpaired) electrons. The molecule has 0 fully saturated rings. The number of rotatable bonds is 5. The summed E-state index contributed by atoms with van der Waals surface area (Å²) in [5.41, 5.74) is 0.436. The van der Waals surface area contributed by atoms with Gasteiger partial charge in [0.15, 0.2) is 8.83 Å². The van der Waals surface area contributed by atoms with Gasteiger partial charge in [-0.15, -0.1) is 0 Å². The lowest BCUT2D eigenvalue weighted by molar-refractivity contribution is -0.139. The Bertz CT molecular complexity index is 202. The summed E-state index contributed by atoms with van der Waals surface area (Å²) >= 11 is 5.74. The van der Waals surface area contributed by atoms with Crippen LogP contribution in [-0.2, 0) is 9.53 Å². The van der Waals surface area contributed by atoms with Crippen molar-refractivity contribution in [2.24, 2.45) is 0 Å². The average Bonchev–Trinajstić information content (AvgIpc) is 2.04. The molecular weight excluding hydrogens is 204 g/mol. The van der Waals surface area contributed by atoms with E-state index in [0.717, 1.165) is 6.42 Å². The number of carbonyl (C=O) groups is 1. The molecule has 0 atom stereocenters. The van der Waals surface area contributed by atoms with Gasteiger partial charge in [-0.25, -0.2) is 4.79 Å². The zero-order chi connectivity index (χ0) is 10.5. The normalized spacial score (nSPS) is 11.1. The van der Waals surface area contributed by atoms with Gasteiger partial charge < -0.3 is 4.74 Å². The van der Waals surface area contributed by atoms with Gasteiger partial charge in [0, 0.05) is 5.57 Å². The predicted molar refractivity (Wildman–Crippen MR) is 56.0 cm³/mol. The van der Waals surface area contributed by atoms with Crippen LogP contribution in [0.2, 0.25) is 5.04 Å². The van der Waals surface area contributed by atoms with E-state index in [0.29, 0.717) is 21.0 Å². The highest BCUT2D eigenvalue weighted by Gasteiger charge is 2.18. The van der Waals surface area contributed by atoms with Crippen molar-refractivity contribution in [3.05, 3.63) is 12.2 Å². The number of esters is 1. The number of ether oxygens (including phenoxy) is 1. The molecule has 74 valence electrons. The fourth-order valence-corrected chi connectivity index (χ4v) is 1.05. The molecule has 0 heterocycles. The van der Waals surface area contributed by atoms with E-state index in [-0.39, 0.29) is 11.0 Å². The summed E-state index contributed by atoms with van der Waals surface area (Å²) in [6.45, 7) is 9.64. The zero-order valence-corrected chi connectivity index (χ0v) is 10.1. The third-order valence-electron chi connectivity index (χ3n) is 1.56. The molecule has 0 aromatic heterocycles. The van der Waals surface area contributed by atoms with Crippen molar-refractivity contribution in [3.8, 4) is 0 Å². The maximum atomic E-state index is 11.0. The lowest BCUT2D eigenvalue weighted by Crippen LogP contribution is -2.14. The van der Waals surface area contributed by atoms with Crippen LogP contribution in [0, 0.1) is 0 Å². The molecule has 0 N–H and O–H groups in total. The van der Waals surface area contributed by atoms with E-state index in [1.165, 1.54) is 0 Å². The first-order valence-corrected chi connectivity index (χ1v) is 6.10. The maximum absolute atomic E-state index is 11.0. The van der Waals surface area contributed by atoms with Crippen LogP contribution in [0.4, 0.5) is 0 Å². The highest BCUT2D eigenvalue weighted by atomic mass is 35.6. The van der Waals surface area contributed by atoms with Gasteiger partial charge >= 0.3 is 5.97 Å². The largest absolute Gasteiger partial charge is 0.462 e. The predicted octanol–water partition coefficient (Wildman–Crippen LogP) is 2.55. The highest BCUT2D eigenvalue weighted by molar-refractivity contribution is 6.95. The number of halogens is 1. The molecule has 2 nitrogen and oxygen atoms in total. The minimum Gasteiger partial charge on any atom is -0.462 e. The molecular formula is C9H15ClO2Si. The van der Waals surface area contributed by atoms with Crippen molar-refractivity contribution >= 4 is 25.9 Å². The van der Waals surface area contributed by atoms with Crippen molar-refractivity contribution in [1.29, 1.82) is 0 Å². The Kier molecular flexibility index (Phi) is 5.33. The Morgan fingerprint density at radius 2 is 2.15 bits per heavy atom. The van der Waals surface area contributed by atoms with Gasteiger partial charge in [-0.3, -0.25) is 0 Å². The molecule has 0 amide bonds. The van der Waals surface area contributed by atoms with Crippen LogP contribution in [0.3, 0.4) is 0 Å². The first kappa shape index (κ1) is 12.7. The molecule has 0 aliphatic heterocycles. The molecule has 13 heavy (non-hydrogen) atoms. The fraction of sp³-hybridized carbons (Fsp3) is 0.667. The quantitative estimate of drug-likeness (QED) is 0.307. The van der Waals surface area contributed by atoms with Crippen LogP contribution in [0.5, 0.6) is 0 Å². The average molecular weight is 219 g/mol. The van der Waals surface area contributed by atoms with Crippen LogP contribution < -0.4 is 0 Å². The van der Waals surface area contributed by atoms with Crippen LogP contribution in [0.1, 0.15) is 27.2 Å². The highest BCUT2D eigenvalue weighted by Crippen LogP contribution is 2.28. The molecule has 4 heteroatoms. The van der Waals surface area contributed by atoms with Crippen molar-refractivity contribution in [2.45, 2.75) is 32.2 Å². The van der Waals surface area contributed by atoms with Crippen LogP contribution in [-0.4, -0.2) is 21.4 Å². The van der Waals surface area contributed by atoms with Crippen LogP contribution in [0.25, 0.3) is 0 Å². The van der Waals surface area contributed by atoms with Crippen LogP contribution in [0.15, 0.2) is 12.2 Å². The molecule has 0 aliphatic rings. The van der Waals surface area contributed by atoms with Gasteiger partial charge in [-0.2, -0.15) is 11.1 Å². The molecule has 0 aromatic carbocycles. The number of hydrogen-bond acceptors (Lipinski definition) is 2. The Hall–Kier alpha value is -0.283. The first-order valence-electron chi connectivity index (χ1n) is 4.09. The van der Waals surface area contributed by atoms with Gasteiger partial charge in [-0.1, -0.05) is 20.4 Å². The second kappa shape index (κ2) is 5.45. The summed E-state index contributed by atoms with van der Waals surface area (Å²) in [7, 11) is 0.341. The van der Waals surface area contributed by atoms with Crippen molar-refractivity contribution in [1.82, 2.24) is 0 Å². The monoisotopic (exact) mass is 218 g/mol. The molecule has 0 saturated heterocycles. The van der Waals surface area contributed by atoms with E-state index in [4.69, 9.17) is 15.8 Å². The zero-order valence-electron chi connectivity index (χ0n) is 8.32. The molecule has 0 rings (SSSR count). The third kappa shape index (κ3) is 5.88. The second-order valence-electron chi connectivity index (χ2n) is 3.64. The second-order valence-corrected chi connectivity index (χ2v) is 5.75. The standard InChI is InChI=1S/C9H15ClO2Si/c1-7(2)8(11)12-6-5-9(3,4)13-10/h1,5-6H2,2-4H3. The van der Waals surface area contributed by atoms with Gasteiger partial charge in [0.05, 0.1) is 6.61 Å². The molecule has 0 aromatic rings. The SMILES string of the molecule is C=C(C)C(=O)OCCC(C)(C)[Si]Cl. The third-order valence-corrected chi connectivity index (χ3v) is 3.86. The van der Waals surface area contributed by atoms with E-state index < -0.39 is 0 Å². The minimum absolute atomic E-state index is 0.0525. The van der Waals surface area contributed by atoms with Crippen molar-refractivity contribution in [2.75, 3.05) is 6.61 Å². The Morgan fingerprint density at radius 1 is 1.62 bits per heavy atom. The molecule has 0 aliphatic carbocycles. The van der Waals surface area contributed by atoms with Gasteiger partial charge in [0.25, 0.3) is 0 Å². The lowest BCUT2D eigenvalue weighted by Gasteiger charge is -2.19. The number of hydrogen-bond donors (Lipinski definition) is 0. The van der Waals surface area contributed by atoms with Crippen LogP contribution >= 0.6 is 11.1 Å². The van der Waals surface area contributed by atoms with Gasteiger partial charge in [0.2, 0.25) is 0 Å². The molecule has 0 spiro atoms. The van der Waals surface area contributed by atoms with E-state index in [1.54, 1.807) is 6.92 Å². The van der Waals surface area contributed by atoms with Gasteiger partial charge in [-0.05, 0) is 18.4 Å². The number of carbonyl (C=O) groups excluding carboxylic acids is 1.